The number of hydrogen-bond acceptors (Lipinski definition) is 5. The third-order valence-electron chi connectivity index (χ3n) is 4.43. The molecule has 2 aromatic carbocycles. The Labute approximate surface area is 168 Å². The number of ether oxygens (including phenoxy) is 3. The van der Waals surface area contributed by atoms with Gasteiger partial charge in [0.1, 0.15) is 12.4 Å². The molecule has 148 valence electrons. The van der Waals surface area contributed by atoms with E-state index >= 15 is 0 Å². The van der Waals surface area contributed by atoms with E-state index in [4.69, 9.17) is 25.8 Å². The van der Waals surface area contributed by atoms with E-state index in [2.05, 4.69) is 5.32 Å². The SMILES string of the molecule is Cc1c(Cl)cccc1NC(=O)COC(=O)c1ccc(OCC2CCCO2)cc1. The Morgan fingerprint density at radius 2 is 2.00 bits per heavy atom. The van der Waals surface area contributed by atoms with Crippen LogP contribution in [0.1, 0.15) is 28.8 Å². The average Bonchev–Trinajstić information content (AvgIpc) is 3.22. The van der Waals surface area contributed by atoms with Crippen LogP contribution >= 0.6 is 11.6 Å². The number of carbonyl (C=O) groups is 2. The number of halogens is 1. The Hall–Kier alpha value is -2.57. The van der Waals surface area contributed by atoms with Gasteiger partial charge in [0.25, 0.3) is 5.91 Å². The summed E-state index contributed by atoms with van der Waals surface area (Å²) in [6.07, 6.45) is 2.19. The molecule has 28 heavy (non-hydrogen) atoms. The summed E-state index contributed by atoms with van der Waals surface area (Å²) in [5.74, 6) is -0.361. The molecule has 2 aromatic rings. The van der Waals surface area contributed by atoms with Crippen molar-refractivity contribution in [2.24, 2.45) is 0 Å². The first-order valence-corrected chi connectivity index (χ1v) is 9.47. The zero-order chi connectivity index (χ0) is 19.9. The highest BCUT2D eigenvalue weighted by atomic mass is 35.5. The predicted octanol–water partition coefficient (Wildman–Crippen LogP) is 4.00. The summed E-state index contributed by atoms with van der Waals surface area (Å²) in [5, 5.41) is 3.23. The summed E-state index contributed by atoms with van der Waals surface area (Å²) in [6, 6.07) is 11.8. The van der Waals surface area contributed by atoms with Crippen LogP contribution in [0.25, 0.3) is 0 Å². The maximum Gasteiger partial charge on any atom is 0.338 e. The van der Waals surface area contributed by atoms with E-state index in [-0.39, 0.29) is 12.7 Å². The molecular weight excluding hydrogens is 382 g/mol. The molecule has 0 bridgehead atoms. The fourth-order valence-electron chi connectivity index (χ4n) is 2.80. The lowest BCUT2D eigenvalue weighted by Crippen LogP contribution is -2.21. The van der Waals surface area contributed by atoms with Crippen molar-refractivity contribution < 1.29 is 23.8 Å². The summed E-state index contributed by atoms with van der Waals surface area (Å²) in [4.78, 5) is 24.1. The second-order valence-corrected chi connectivity index (χ2v) is 6.91. The van der Waals surface area contributed by atoms with Crippen molar-refractivity contribution in [2.75, 3.05) is 25.1 Å². The molecular formula is C21H22ClNO5. The number of esters is 1. The minimum absolute atomic E-state index is 0.131. The molecule has 1 unspecified atom stereocenters. The molecule has 3 rings (SSSR count). The number of hydrogen-bond donors (Lipinski definition) is 1. The first-order valence-electron chi connectivity index (χ1n) is 9.09. The zero-order valence-corrected chi connectivity index (χ0v) is 16.3. The van der Waals surface area contributed by atoms with Gasteiger partial charge in [0, 0.05) is 17.3 Å². The monoisotopic (exact) mass is 403 g/mol. The molecule has 6 nitrogen and oxygen atoms in total. The van der Waals surface area contributed by atoms with Crippen molar-refractivity contribution in [3.05, 3.63) is 58.6 Å². The Morgan fingerprint density at radius 3 is 2.71 bits per heavy atom. The van der Waals surface area contributed by atoms with Crippen LogP contribution in [-0.2, 0) is 14.3 Å². The van der Waals surface area contributed by atoms with E-state index in [0.717, 1.165) is 25.0 Å². The van der Waals surface area contributed by atoms with Crippen molar-refractivity contribution in [3.8, 4) is 5.75 Å². The largest absolute Gasteiger partial charge is 0.491 e. The standard InChI is InChI=1S/C21H22ClNO5/c1-14-18(22)5-2-6-19(14)23-20(24)13-28-21(25)15-7-9-16(10-8-15)27-12-17-4-3-11-26-17/h2,5-10,17H,3-4,11-13H2,1H3,(H,23,24). The van der Waals surface area contributed by atoms with Crippen molar-refractivity contribution >= 4 is 29.2 Å². The number of nitrogens with one attached hydrogen (secondary N) is 1. The number of anilines is 1. The van der Waals surface area contributed by atoms with Gasteiger partial charge in [-0.15, -0.1) is 0 Å². The fraction of sp³-hybridized carbons (Fsp3) is 0.333. The van der Waals surface area contributed by atoms with Crippen LogP contribution in [0.4, 0.5) is 5.69 Å². The maximum absolute atomic E-state index is 12.1. The van der Waals surface area contributed by atoms with Gasteiger partial charge in [0.05, 0.1) is 11.7 Å². The zero-order valence-electron chi connectivity index (χ0n) is 15.6. The third-order valence-corrected chi connectivity index (χ3v) is 4.84. The quantitative estimate of drug-likeness (QED) is 0.707. The number of amides is 1. The molecule has 1 amide bonds. The van der Waals surface area contributed by atoms with Crippen LogP contribution in [0.5, 0.6) is 5.75 Å². The lowest BCUT2D eigenvalue weighted by molar-refractivity contribution is -0.119. The first-order chi connectivity index (χ1) is 13.5. The molecule has 0 aliphatic carbocycles. The normalized spacial score (nSPS) is 15.9. The lowest BCUT2D eigenvalue weighted by Gasteiger charge is -2.12. The van der Waals surface area contributed by atoms with Crippen LogP contribution < -0.4 is 10.1 Å². The summed E-state index contributed by atoms with van der Waals surface area (Å²) >= 11 is 6.02. The Bertz CT molecular complexity index is 831. The van der Waals surface area contributed by atoms with E-state index in [1.54, 1.807) is 49.4 Å². The van der Waals surface area contributed by atoms with Gasteiger partial charge in [-0.3, -0.25) is 4.79 Å². The second kappa shape index (κ2) is 9.57. The molecule has 1 atom stereocenters. The minimum Gasteiger partial charge on any atom is -0.491 e. The Balaban J connectivity index is 1.46. The molecule has 1 aliphatic rings. The van der Waals surface area contributed by atoms with E-state index in [0.29, 0.717) is 28.6 Å². The minimum atomic E-state index is -0.580. The molecule has 1 N–H and O–H groups in total. The lowest BCUT2D eigenvalue weighted by atomic mass is 10.2. The van der Waals surface area contributed by atoms with Gasteiger partial charge < -0.3 is 19.5 Å². The number of carbonyl (C=O) groups excluding carboxylic acids is 2. The van der Waals surface area contributed by atoms with Crippen LogP contribution in [-0.4, -0.2) is 37.8 Å². The fourth-order valence-corrected chi connectivity index (χ4v) is 2.97. The van der Waals surface area contributed by atoms with Gasteiger partial charge in [0.15, 0.2) is 6.61 Å². The summed E-state index contributed by atoms with van der Waals surface area (Å²) in [5.41, 5.74) is 1.68. The second-order valence-electron chi connectivity index (χ2n) is 6.51. The van der Waals surface area contributed by atoms with Crippen LogP contribution in [0.3, 0.4) is 0 Å². The highest BCUT2D eigenvalue weighted by Crippen LogP contribution is 2.23. The van der Waals surface area contributed by atoms with E-state index in [1.807, 2.05) is 0 Å². The van der Waals surface area contributed by atoms with Crippen molar-refractivity contribution in [2.45, 2.75) is 25.9 Å². The van der Waals surface area contributed by atoms with Crippen molar-refractivity contribution in [3.63, 3.8) is 0 Å². The highest BCUT2D eigenvalue weighted by molar-refractivity contribution is 6.31. The van der Waals surface area contributed by atoms with E-state index in [9.17, 15) is 9.59 Å². The van der Waals surface area contributed by atoms with Gasteiger partial charge in [0.2, 0.25) is 0 Å². The van der Waals surface area contributed by atoms with E-state index < -0.39 is 11.9 Å². The van der Waals surface area contributed by atoms with Gasteiger partial charge >= 0.3 is 5.97 Å². The molecule has 1 heterocycles. The average molecular weight is 404 g/mol. The maximum atomic E-state index is 12.1. The smallest absolute Gasteiger partial charge is 0.338 e. The Kier molecular flexibility index (Phi) is 6.90. The molecule has 0 aromatic heterocycles. The molecule has 1 aliphatic heterocycles. The van der Waals surface area contributed by atoms with Gasteiger partial charge in [-0.2, -0.15) is 0 Å². The number of rotatable bonds is 7. The van der Waals surface area contributed by atoms with Crippen LogP contribution in [0.2, 0.25) is 5.02 Å². The summed E-state index contributed by atoms with van der Waals surface area (Å²) < 4.78 is 16.2. The highest BCUT2D eigenvalue weighted by Gasteiger charge is 2.16. The van der Waals surface area contributed by atoms with Gasteiger partial charge in [-0.25, -0.2) is 4.79 Å². The molecule has 1 fully saturated rings. The Morgan fingerprint density at radius 1 is 1.21 bits per heavy atom. The van der Waals surface area contributed by atoms with Gasteiger partial charge in [-0.05, 0) is 61.7 Å². The van der Waals surface area contributed by atoms with Crippen LogP contribution in [0.15, 0.2) is 42.5 Å². The molecule has 0 saturated carbocycles. The predicted molar refractivity (Wildman–Crippen MR) is 106 cm³/mol. The van der Waals surface area contributed by atoms with Crippen molar-refractivity contribution in [1.29, 1.82) is 0 Å². The van der Waals surface area contributed by atoms with Crippen molar-refractivity contribution in [1.82, 2.24) is 0 Å². The summed E-state index contributed by atoms with van der Waals surface area (Å²) in [6.45, 7) is 2.69. The van der Waals surface area contributed by atoms with Crippen LogP contribution in [0, 0.1) is 6.92 Å². The molecule has 1 saturated heterocycles. The van der Waals surface area contributed by atoms with Gasteiger partial charge in [-0.1, -0.05) is 17.7 Å². The topological polar surface area (TPSA) is 73.9 Å². The number of benzene rings is 2. The van der Waals surface area contributed by atoms with E-state index in [1.165, 1.54) is 0 Å². The summed E-state index contributed by atoms with van der Waals surface area (Å²) in [7, 11) is 0. The molecule has 7 heteroatoms. The third kappa shape index (κ3) is 5.47. The molecule has 0 spiro atoms. The first kappa shape index (κ1) is 20.2. The molecule has 0 radical (unpaired) electrons.